The first-order valence-electron chi connectivity index (χ1n) is 6.59. The first-order chi connectivity index (χ1) is 8.54. The van der Waals surface area contributed by atoms with E-state index in [4.69, 9.17) is 0 Å². The van der Waals surface area contributed by atoms with E-state index in [2.05, 4.69) is 10.1 Å². The molecule has 1 N–H and O–H groups in total. The molecule has 0 heterocycles. The Kier molecular flexibility index (Phi) is 6.12. The number of esters is 1. The van der Waals surface area contributed by atoms with Gasteiger partial charge < -0.3 is 15.0 Å². The van der Waals surface area contributed by atoms with E-state index >= 15 is 0 Å². The van der Waals surface area contributed by atoms with Crippen LogP contribution in [0.5, 0.6) is 0 Å². The minimum absolute atomic E-state index is 0.0256. The van der Waals surface area contributed by atoms with Gasteiger partial charge in [-0.2, -0.15) is 0 Å². The van der Waals surface area contributed by atoms with Crippen molar-refractivity contribution in [1.29, 1.82) is 0 Å². The lowest BCUT2D eigenvalue weighted by molar-refractivity contribution is -0.146. The Labute approximate surface area is 109 Å². The molecule has 0 saturated heterocycles. The molecule has 1 saturated carbocycles. The first-order valence-corrected chi connectivity index (χ1v) is 6.59. The average molecular weight is 256 g/mol. The summed E-state index contributed by atoms with van der Waals surface area (Å²) in [5, 5.41) is 3.27. The highest BCUT2D eigenvalue weighted by Crippen LogP contribution is 2.17. The molecule has 1 amide bonds. The van der Waals surface area contributed by atoms with E-state index < -0.39 is 0 Å². The van der Waals surface area contributed by atoms with Gasteiger partial charge in [0.1, 0.15) is 0 Å². The fourth-order valence-electron chi connectivity index (χ4n) is 2.28. The molecule has 5 nitrogen and oxygen atoms in total. The van der Waals surface area contributed by atoms with E-state index in [0.717, 1.165) is 12.8 Å². The monoisotopic (exact) mass is 256 g/mol. The molecule has 104 valence electrons. The number of hydrogen-bond acceptors (Lipinski definition) is 4. The minimum atomic E-state index is -0.282. The standard InChI is InChI=1S/C13H24N2O3/c1-10(13(17)18-3)9-15(2)12(16)8-14-11-6-4-5-7-11/h10-11,14H,4-9H2,1-3H3. The number of nitrogens with zero attached hydrogens (tertiary/aromatic N) is 1. The summed E-state index contributed by atoms with van der Waals surface area (Å²) in [6.45, 7) is 2.52. The van der Waals surface area contributed by atoms with E-state index in [-0.39, 0.29) is 17.8 Å². The molecule has 1 aliphatic rings. The zero-order valence-electron chi connectivity index (χ0n) is 11.6. The number of ether oxygens (including phenoxy) is 1. The number of hydrogen-bond donors (Lipinski definition) is 1. The largest absolute Gasteiger partial charge is 0.469 e. The molecule has 0 bridgehead atoms. The van der Waals surface area contributed by atoms with Crippen molar-refractivity contribution in [2.75, 3.05) is 27.2 Å². The molecule has 1 rings (SSSR count). The van der Waals surface area contributed by atoms with Crippen molar-refractivity contribution in [3.05, 3.63) is 0 Å². The zero-order valence-corrected chi connectivity index (χ0v) is 11.6. The van der Waals surface area contributed by atoms with Crippen LogP contribution in [0.15, 0.2) is 0 Å². The van der Waals surface area contributed by atoms with E-state index in [1.165, 1.54) is 20.0 Å². The number of rotatable bonds is 6. The molecular weight excluding hydrogens is 232 g/mol. The molecule has 1 unspecified atom stereocenters. The topological polar surface area (TPSA) is 58.6 Å². The highest BCUT2D eigenvalue weighted by atomic mass is 16.5. The maximum absolute atomic E-state index is 11.9. The summed E-state index contributed by atoms with van der Waals surface area (Å²) in [7, 11) is 3.08. The van der Waals surface area contributed by atoms with Gasteiger partial charge in [-0.15, -0.1) is 0 Å². The van der Waals surface area contributed by atoms with Crippen LogP contribution in [0, 0.1) is 5.92 Å². The molecular formula is C13H24N2O3. The third-order valence-corrected chi connectivity index (χ3v) is 3.47. The summed E-state index contributed by atoms with van der Waals surface area (Å²) >= 11 is 0. The Morgan fingerprint density at radius 3 is 2.56 bits per heavy atom. The number of nitrogens with one attached hydrogen (secondary N) is 1. The normalized spacial score (nSPS) is 17.5. The Balaban J connectivity index is 2.25. The lowest BCUT2D eigenvalue weighted by Crippen LogP contribution is -2.41. The second-order valence-corrected chi connectivity index (χ2v) is 5.06. The summed E-state index contributed by atoms with van der Waals surface area (Å²) in [5.41, 5.74) is 0. The smallest absolute Gasteiger partial charge is 0.310 e. The Bertz CT molecular complexity index is 288. The van der Waals surface area contributed by atoms with Gasteiger partial charge in [0.05, 0.1) is 19.6 Å². The van der Waals surface area contributed by atoms with Gasteiger partial charge in [-0.05, 0) is 12.8 Å². The zero-order chi connectivity index (χ0) is 13.5. The molecule has 1 atom stereocenters. The second-order valence-electron chi connectivity index (χ2n) is 5.06. The van der Waals surface area contributed by atoms with Crippen molar-refractivity contribution in [3.8, 4) is 0 Å². The SMILES string of the molecule is COC(=O)C(C)CN(C)C(=O)CNC1CCCC1. The van der Waals surface area contributed by atoms with Gasteiger partial charge in [-0.1, -0.05) is 19.8 Å². The van der Waals surface area contributed by atoms with Crippen molar-refractivity contribution >= 4 is 11.9 Å². The number of carbonyl (C=O) groups is 2. The highest BCUT2D eigenvalue weighted by molar-refractivity contribution is 5.79. The van der Waals surface area contributed by atoms with Gasteiger partial charge in [-0.3, -0.25) is 9.59 Å². The summed E-state index contributed by atoms with van der Waals surface area (Å²) in [6, 6.07) is 0.486. The number of likely N-dealkylation sites (N-methyl/N-ethyl adjacent to an activating group) is 1. The van der Waals surface area contributed by atoms with Crippen LogP contribution in [0.1, 0.15) is 32.6 Å². The van der Waals surface area contributed by atoms with E-state index in [0.29, 0.717) is 19.1 Å². The molecule has 0 spiro atoms. The highest BCUT2D eigenvalue weighted by Gasteiger charge is 2.20. The number of carbonyl (C=O) groups excluding carboxylic acids is 2. The molecule has 1 aliphatic carbocycles. The van der Waals surface area contributed by atoms with Crippen molar-refractivity contribution < 1.29 is 14.3 Å². The first kappa shape index (κ1) is 15.0. The third kappa shape index (κ3) is 4.64. The maximum Gasteiger partial charge on any atom is 0.310 e. The van der Waals surface area contributed by atoms with Crippen molar-refractivity contribution in [2.45, 2.75) is 38.6 Å². The third-order valence-electron chi connectivity index (χ3n) is 3.47. The quantitative estimate of drug-likeness (QED) is 0.714. The van der Waals surface area contributed by atoms with Gasteiger partial charge in [0.2, 0.25) is 5.91 Å². The Morgan fingerprint density at radius 1 is 1.39 bits per heavy atom. The van der Waals surface area contributed by atoms with E-state index in [9.17, 15) is 9.59 Å². The van der Waals surface area contributed by atoms with E-state index in [1.54, 1.807) is 18.9 Å². The predicted molar refractivity (Wildman–Crippen MR) is 69.1 cm³/mol. The van der Waals surface area contributed by atoms with Crippen LogP contribution in [0.25, 0.3) is 0 Å². The maximum atomic E-state index is 11.9. The lowest BCUT2D eigenvalue weighted by Gasteiger charge is -2.21. The van der Waals surface area contributed by atoms with Crippen molar-refractivity contribution in [2.24, 2.45) is 5.92 Å². The average Bonchev–Trinajstić information content (AvgIpc) is 2.87. The molecule has 0 aromatic carbocycles. The Hall–Kier alpha value is -1.10. The number of methoxy groups -OCH3 is 1. The summed E-state index contributed by atoms with van der Waals surface area (Å²) in [6.07, 6.45) is 4.83. The second kappa shape index (κ2) is 7.36. The van der Waals surface area contributed by atoms with Gasteiger partial charge in [0, 0.05) is 19.6 Å². The van der Waals surface area contributed by atoms with Gasteiger partial charge in [0.15, 0.2) is 0 Å². The summed E-state index contributed by atoms with van der Waals surface area (Å²) in [5.74, 6) is -0.536. The molecule has 0 aliphatic heterocycles. The summed E-state index contributed by atoms with van der Waals surface area (Å²) < 4.78 is 4.64. The fraction of sp³-hybridized carbons (Fsp3) is 0.846. The van der Waals surface area contributed by atoms with E-state index in [1.807, 2.05) is 0 Å². The molecule has 18 heavy (non-hydrogen) atoms. The van der Waals surface area contributed by atoms with Gasteiger partial charge >= 0.3 is 5.97 Å². The Morgan fingerprint density at radius 2 is 2.00 bits per heavy atom. The van der Waals surface area contributed by atoms with Crippen LogP contribution in [-0.4, -0.2) is 50.1 Å². The van der Waals surface area contributed by atoms with Crippen molar-refractivity contribution in [3.63, 3.8) is 0 Å². The lowest BCUT2D eigenvalue weighted by atomic mass is 10.2. The number of amides is 1. The fourth-order valence-corrected chi connectivity index (χ4v) is 2.28. The van der Waals surface area contributed by atoms with Crippen LogP contribution < -0.4 is 5.32 Å². The van der Waals surface area contributed by atoms with Crippen molar-refractivity contribution in [1.82, 2.24) is 10.2 Å². The molecule has 0 radical (unpaired) electrons. The molecule has 1 fully saturated rings. The summed E-state index contributed by atoms with van der Waals surface area (Å²) in [4.78, 5) is 24.7. The molecule has 0 aromatic rings. The van der Waals surface area contributed by atoms with Crippen LogP contribution in [0.4, 0.5) is 0 Å². The van der Waals surface area contributed by atoms with Crippen LogP contribution in [0.2, 0.25) is 0 Å². The van der Waals surface area contributed by atoms with Gasteiger partial charge in [-0.25, -0.2) is 0 Å². The van der Waals surface area contributed by atoms with Crippen LogP contribution in [-0.2, 0) is 14.3 Å². The minimum Gasteiger partial charge on any atom is -0.469 e. The van der Waals surface area contributed by atoms with Crippen LogP contribution >= 0.6 is 0 Å². The van der Waals surface area contributed by atoms with Gasteiger partial charge in [0.25, 0.3) is 0 Å². The molecule has 5 heteroatoms. The van der Waals surface area contributed by atoms with Crippen LogP contribution in [0.3, 0.4) is 0 Å². The molecule has 0 aromatic heterocycles. The predicted octanol–water partition coefficient (Wildman–Crippen LogP) is 0.786.